The Balaban J connectivity index is 1.86. The molecule has 0 bridgehead atoms. The lowest BCUT2D eigenvalue weighted by molar-refractivity contribution is -0.132. The molecule has 15 heavy (non-hydrogen) atoms. The number of likely N-dealkylation sites (tertiary alicyclic amines) is 1. The lowest BCUT2D eigenvalue weighted by atomic mass is 10.0. The highest BCUT2D eigenvalue weighted by molar-refractivity contribution is 5.79. The molecule has 2 saturated heterocycles. The quantitative estimate of drug-likeness (QED) is 0.693. The van der Waals surface area contributed by atoms with Crippen molar-refractivity contribution in [3.05, 3.63) is 0 Å². The van der Waals surface area contributed by atoms with Gasteiger partial charge in [0.1, 0.15) is 0 Å². The van der Waals surface area contributed by atoms with Crippen LogP contribution in [0.25, 0.3) is 0 Å². The summed E-state index contributed by atoms with van der Waals surface area (Å²) in [5.41, 5.74) is 0. The second-order valence-corrected chi connectivity index (χ2v) is 4.65. The Kier molecular flexibility index (Phi) is 3.59. The molecule has 2 fully saturated rings. The average Bonchev–Trinajstić information content (AvgIpc) is 2.24. The standard InChI is InChI=1S/C11H21N3O/c1-13-6-3-2-4-10(13)9-14-7-5-12-8-11(14)15/h10,12H,2-9H2,1H3. The summed E-state index contributed by atoms with van der Waals surface area (Å²) in [5.74, 6) is 0.264. The van der Waals surface area contributed by atoms with Gasteiger partial charge in [0, 0.05) is 25.7 Å². The van der Waals surface area contributed by atoms with Gasteiger partial charge >= 0.3 is 0 Å². The van der Waals surface area contributed by atoms with Gasteiger partial charge in [-0.05, 0) is 26.4 Å². The molecule has 0 aliphatic carbocycles. The van der Waals surface area contributed by atoms with Gasteiger partial charge in [0.15, 0.2) is 0 Å². The molecule has 1 unspecified atom stereocenters. The van der Waals surface area contributed by atoms with E-state index < -0.39 is 0 Å². The summed E-state index contributed by atoms with van der Waals surface area (Å²) in [6.07, 6.45) is 3.87. The first-order valence-corrected chi connectivity index (χ1v) is 5.96. The maximum Gasteiger partial charge on any atom is 0.236 e. The van der Waals surface area contributed by atoms with Crippen LogP contribution in [-0.4, -0.2) is 61.5 Å². The second kappa shape index (κ2) is 4.94. The van der Waals surface area contributed by atoms with Crippen molar-refractivity contribution in [2.45, 2.75) is 25.3 Å². The number of hydrogen-bond donors (Lipinski definition) is 1. The molecule has 4 nitrogen and oxygen atoms in total. The zero-order valence-corrected chi connectivity index (χ0v) is 9.54. The molecule has 86 valence electrons. The van der Waals surface area contributed by atoms with Gasteiger partial charge in [-0.15, -0.1) is 0 Å². The van der Waals surface area contributed by atoms with E-state index in [1.165, 1.54) is 25.8 Å². The van der Waals surface area contributed by atoms with Gasteiger partial charge in [0.05, 0.1) is 6.54 Å². The Morgan fingerprint density at radius 2 is 2.27 bits per heavy atom. The number of piperidine rings is 1. The van der Waals surface area contributed by atoms with Crippen molar-refractivity contribution in [2.24, 2.45) is 0 Å². The van der Waals surface area contributed by atoms with E-state index in [9.17, 15) is 4.79 Å². The summed E-state index contributed by atoms with van der Waals surface area (Å²) in [5, 5.41) is 3.11. The van der Waals surface area contributed by atoms with Crippen molar-refractivity contribution in [3.8, 4) is 0 Å². The number of nitrogens with zero attached hydrogens (tertiary/aromatic N) is 2. The molecule has 0 radical (unpaired) electrons. The number of amides is 1. The smallest absolute Gasteiger partial charge is 0.236 e. The summed E-state index contributed by atoms with van der Waals surface area (Å²) < 4.78 is 0. The maximum atomic E-state index is 11.6. The molecular formula is C11H21N3O. The van der Waals surface area contributed by atoms with Gasteiger partial charge in [-0.2, -0.15) is 0 Å². The number of piperazine rings is 1. The second-order valence-electron chi connectivity index (χ2n) is 4.65. The topological polar surface area (TPSA) is 35.6 Å². The van der Waals surface area contributed by atoms with Crippen molar-refractivity contribution in [1.29, 1.82) is 0 Å². The molecule has 2 aliphatic rings. The molecule has 0 spiro atoms. The number of carbonyl (C=O) groups is 1. The fraction of sp³-hybridized carbons (Fsp3) is 0.909. The summed E-state index contributed by atoms with van der Waals surface area (Å²) >= 11 is 0. The summed E-state index contributed by atoms with van der Waals surface area (Å²) in [7, 11) is 2.18. The predicted molar refractivity (Wildman–Crippen MR) is 59.7 cm³/mol. The number of rotatable bonds is 2. The van der Waals surface area contributed by atoms with Crippen molar-refractivity contribution in [1.82, 2.24) is 15.1 Å². The first-order valence-electron chi connectivity index (χ1n) is 5.96. The lowest BCUT2D eigenvalue weighted by Crippen LogP contribution is -2.53. The molecule has 1 amide bonds. The molecule has 2 heterocycles. The molecule has 2 aliphatic heterocycles. The highest BCUT2D eigenvalue weighted by atomic mass is 16.2. The van der Waals surface area contributed by atoms with Crippen LogP contribution >= 0.6 is 0 Å². The molecule has 4 heteroatoms. The SMILES string of the molecule is CN1CCCCC1CN1CCNCC1=O. The van der Waals surface area contributed by atoms with Gasteiger partial charge in [-0.1, -0.05) is 6.42 Å². The van der Waals surface area contributed by atoms with Gasteiger partial charge in [-0.3, -0.25) is 4.79 Å². The van der Waals surface area contributed by atoms with Crippen LogP contribution in [0.3, 0.4) is 0 Å². The minimum absolute atomic E-state index is 0.264. The van der Waals surface area contributed by atoms with Gasteiger partial charge in [0.2, 0.25) is 5.91 Å². The van der Waals surface area contributed by atoms with Crippen molar-refractivity contribution in [3.63, 3.8) is 0 Å². The van der Waals surface area contributed by atoms with Crippen LogP contribution in [0.4, 0.5) is 0 Å². The first kappa shape index (κ1) is 10.9. The molecule has 1 atom stereocenters. The highest BCUT2D eigenvalue weighted by Gasteiger charge is 2.25. The molecule has 0 aromatic rings. The van der Waals surface area contributed by atoms with Crippen LogP contribution in [0.1, 0.15) is 19.3 Å². The van der Waals surface area contributed by atoms with Crippen LogP contribution in [0.2, 0.25) is 0 Å². The Morgan fingerprint density at radius 3 is 3.00 bits per heavy atom. The van der Waals surface area contributed by atoms with E-state index in [2.05, 4.69) is 17.3 Å². The van der Waals surface area contributed by atoms with E-state index >= 15 is 0 Å². The minimum atomic E-state index is 0.264. The molecular weight excluding hydrogens is 190 g/mol. The van der Waals surface area contributed by atoms with Crippen molar-refractivity contribution < 1.29 is 4.79 Å². The first-order chi connectivity index (χ1) is 7.27. The number of likely N-dealkylation sites (N-methyl/N-ethyl adjacent to an activating group) is 1. The van der Waals surface area contributed by atoms with Crippen LogP contribution in [0.5, 0.6) is 0 Å². The number of nitrogens with one attached hydrogen (secondary N) is 1. The third-order valence-corrected chi connectivity index (χ3v) is 3.54. The summed E-state index contributed by atoms with van der Waals surface area (Å²) in [6.45, 7) is 4.46. The lowest BCUT2D eigenvalue weighted by Gasteiger charge is -2.37. The Hall–Kier alpha value is -0.610. The summed E-state index contributed by atoms with van der Waals surface area (Å²) in [4.78, 5) is 16.0. The zero-order chi connectivity index (χ0) is 10.7. The Labute approximate surface area is 91.6 Å². The third-order valence-electron chi connectivity index (χ3n) is 3.54. The molecule has 0 saturated carbocycles. The molecule has 0 aromatic carbocycles. The van der Waals surface area contributed by atoms with E-state index in [-0.39, 0.29) is 5.91 Å². The van der Waals surface area contributed by atoms with Crippen LogP contribution in [0, 0.1) is 0 Å². The predicted octanol–water partition coefficient (Wildman–Crippen LogP) is -0.0975. The van der Waals surface area contributed by atoms with Crippen LogP contribution in [-0.2, 0) is 4.79 Å². The van der Waals surface area contributed by atoms with Gasteiger partial charge < -0.3 is 15.1 Å². The van der Waals surface area contributed by atoms with Gasteiger partial charge in [0.25, 0.3) is 0 Å². The fourth-order valence-electron chi connectivity index (χ4n) is 2.47. The zero-order valence-electron chi connectivity index (χ0n) is 9.54. The van der Waals surface area contributed by atoms with Crippen LogP contribution in [0.15, 0.2) is 0 Å². The summed E-state index contributed by atoms with van der Waals surface area (Å²) in [6, 6.07) is 0.584. The molecule has 0 aromatic heterocycles. The average molecular weight is 211 g/mol. The van der Waals surface area contributed by atoms with Gasteiger partial charge in [-0.25, -0.2) is 0 Å². The Bertz CT molecular complexity index is 232. The molecule has 2 rings (SSSR count). The van der Waals surface area contributed by atoms with E-state index in [0.717, 1.165) is 19.6 Å². The highest BCUT2D eigenvalue weighted by Crippen LogP contribution is 2.16. The fourth-order valence-corrected chi connectivity index (χ4v) is 2.47. The largest absolute Gasteiger partial charge is 0.339 e. The monoisotopic (exact) mass is 211 g/mol. The van der Waals surface area contributed by atoms with E-state index in [1.54, 1.807) is 0 Å². The molecule has 1 N–H and O–H groups in total. The van der Waals surface area contributed by atoms with Crippen molar-refractivity contribution in [2.75, 3.05) is 39.8 Å². The van der Waals surface area contributed by atoms with E-state index in [0.29, 0.717) is 12.6 Å². The normalized spacial score (nSPS) is 29.5. The minimum Gasteiger partial charge on any atom is -0.339 e. The van der Waals surface area contributed by atoms with Crippen molar-refractivity contribution >= 4 is 5.91 Å². The maximum absolute atomic E-state index is 11.6. The number of hydrogen-bond acceptors (Lipinski definition) is 3. The van der Waals surface area contributed by atoms with Crippen LogP contribution < -0.4 is 5.32 Å². The third kappa shape index (κ3) is 2.69. The number of carbonyl (C=O) groups excluding carboxylic acids is 1. The van der Waals surface area contributed by atoms with E-state index in [4.69, 9.17) is 0 Å². The Morgan fingerprint density at radius 1 is 1.40 bits per heavy atom. The van der Waals surface area contributed by atoms with E-state index in [1.807, 2.05) is 4.90 Å².